The van der Waals surface area contributed by atoms with Crippen LogP contribution in [0.3, 0.4) is 0 Å². The van der Waals surface area contributed by atoms with Gasteiger partial charge in [-0.2, -0.15) is 4.98 Å². The van der Waals surface area contributed by atoms with Crippen LogP contribution < -0.4 is 9.64 Å². The van der Waals surface area contributed by atoms with Crippen LogP contribution in [-0.4, -0.2) is 53.0 Å². The third-order valence-electron chi connectivity index (χ3n) is 6.21. The predicted octanol–water partition coefficient (Wildman–Crippen LogP) is 3.92. The van der Waals surface area contributed by atoms with E-state index in [1.54, 1.807) is 69.3 Å². The Kier molecular flexibility index (Phi) is 6.77. The van der Waals surface area contributed by atoms with Gasteiger partial charge in [-0.15, -0.1) is 0 Å². The molecule has 0 saturated carbocycles. The smallest absolute Gasteiger partial charge is 0.294 e. The summed E-state index contributed by atoms with van der Waals surface area (Å²) in [4.78, 5) is 32.3. The molecule has 0 bridgehead atoms. The van der Waals surface area contributed by atoms with Crippen LogP contribution in [0.25, 0.3) is 11.4 Å². The molecule has 1 saturated heterocycles. The van der Waals surface area contributed by atoms with Gasteiger partial charge < -0.3 is 23.8 Å². The lowest BCUT2D eigenvalue weighted by Gasteiger charge is -2.29. The minimum Gasteiger partial charge on any atom is -0.503 e. The zero-order valence-electron chi connectivity index (χ0n) is 20.7. The highest BCUT2D eigenvalue weighted by Gasteiger charge is 2.45. The first-order valence-electron chi connectivity index (χ1n) is 12.0. The van der Waals surface area contributed by atoms with Gasteiger partial charge in [0.05, 0.1) is 24.8 Å². The van der Waals surface area contributed by atoms with Crippen molar-refractivity contribution in [3.8, 4) is 17.1 Å². The van der Waals surface area contributed by atoms with Crippen molar-refractivity contribution in [2.75, 3.05) is 24.7 Å². The summed E-state index contributed by atoms with van der Waals surface area (Å²) in [6, 6.07) is 13.1. The molecule has 0 radical (unpaired) electrons. The second-order valence-corrected chi connectivity index (χ2v) is 9.06. The molecule has 1 fully saturated rings. The van der Waals surface area contributed by atoms with Crippen LogP contribution >= 0.6 is 0 Å². The first-order chi connectivity index (χ1) is 17.8. The van der Waals surface area contributed by atoms with Gasteiger partial charge in [0, 0.05) is 29.7 Å². The van der Waals surface area contributed by atoms with Crippen molar-refractivity contribution in [2.45, 2.75) is 33.1 Å². The topological polar surface area (TPSA) is 124 Å². The van der Waals surface area contributed by atoms with Crippen molar-refractivity contribution in [1.29, 1.82) is 0 Å². The average molecular weight is 506 g/mol. The number of aliphatic hydroxyl groups is 1. The fourth-order valence-corrected chi connectivity index (χ4v) is 4.42. The summed E-state index contributed by atoms with van der Waals surface area (Å²) in [7, 11) is 0. The van der Waals surface area contributed by atoms with Crippen LogP contribution in [0.2, 0.25) is 0 Å². The Balaban J connectivity index is 1.55. The molecule has 10 heteroatoms. The molecular formula is C27H27N3O7. The number of amides is 1. The standard InChI is InChI=1S/C27H27N3O7/c1-15(2)24(31)22-23(19-6-4-5-7-20(19)36-14-21-34-12-13-35-21)30(27(33)25(22)32)18-10-8-17(9-11-18)26-28-16(3)37-29-26/h4-11,15,21,23,32H,12-14H2,1-3H3. The van der Waals surface area contributed by atoms with Gasteiger partial charge >= 0.3 is 0 Å². The third kappa shape index (κ3) is 4.73. The minimum absolute atomic E-state index is 0.0299. The van der Waals surface area contributed by atoms with E-state index in [0.29, 0.717) is 47.5 Å². The highest BCUT2D eigenvalue weighted by molar-refractivity contribution is 6.17. The molecule has 3 aromatic rings. The fourth-order valence-electron chi connectivity index (χ4n) is 4.42. The zero-order valence-corrected chi connectivity index (χ0v) is 20.7. The Morgan fingerprint density at radius 2 is 1.84 bits per heavy atom. The molecule has 1 atom stereocenters. The van der Waals surface area contributed by atoms with Crippen molar-refractivity contribution in [3.05, 3.63) is 71.3 Å². The Labute approximate surface area is 213 Å². The number of carbonyl (C=O) groups excluding carboxylic acids is 2. The van der Waals surface area contributed by atoms with E-state index in [2.05, 4.69) is 10.1 Å². The molecule has 2 aromatic carbocycles. The average Bonchev–Trinajstić information content (AvgIpc) is 3.63. The third-order valence-corrected chi connectivity index (χ3v) is 6.21. The van der Waals surface area contributed by atoms with E-state index < -0.39 is 29.9 Å². The van der Waals surface area contributed by atoms with E-state index in [9.17, 15) is 14.7 Å². The maximum absolute atomic E-state index is 13.4. The molecule has 1 N–H and O–H groups in total. The quantitative estimate of drug-likeness (QED) is 0.485. The number of aromatic nitrogens is 2. The molecule has 2 aliphatic rings. The van der Waals surface area contributed by atoms with E-state index in [-0.39, 0.29) is 18.0 Å². The molecule has 192 valence electrons. The number of hydrogen-bond acceptors (Lipinski definition) is 9. The molecular weight excluding hydrogens is 478 g/mol. The molecule has 0 aliphatic carbocycles. The van der Waals surface area contributed by atoms with Gasteiger partial charge in [-0.05, 0) is 30.3 Å². The van der Waals surface area contributed by atoms with Gasteiger partial charge in [0.1, 0.15) is 12.4 Å². The number of anilines is 1. The van der Waals surface area contributed by atoms with Crippen LogP contribution in [-0.2, 0) is 19.1 Å². The molecule has 2 aliphatic heterocycles. The van der Waals surface area contributed by atoms with Gasteiger partial charge in [-0.25, -0.2) is 0 Å². The zero-order chi connectivity index (χ0) is 26.1. The van der Waals surface area contributed by atoms with Crippen molar-refractivity contribution in [2.24, 2.45) is 5.92 Å². The van der Waals surface area contributed by atoms with Crippen molar-refractivity contribution < 1.29 is 33.4 Å². The monoisotopic (exact) mass is 505 g/mol. The maximum atomic E-state index is 13.4. The molecule has 10 nitrogen and oxygen atoms in total. The minimum atomic E-state index is -0.901. The van der Waals surface area contributed by atoms with Crippen LogP contribution in [0.5, 0.6) is 5.75 Å². The first kappa shape index (κ1) is 24.7. The lowest BCUT2D eigenvalue weighted by molar-refractivity contribution is -0.119. The molecule has 3 heterocycles. The van der Waals surface area contributed by atoms with E-state index >= 15 is 0 Å². The summed E-state index contributed by atoms with van der Waals surface area (Å²) >= 11 is 0. The van der Waals surface area contributed by atoms with Crippen molar-refractivity contribution in [3.63, 3.8) is 0 Å². The lowest BCUT2D eigenvalue weighted by atomic mass is 9.90. The first-order valence-corrected chi connectivity index (χ1v) is 12.0. The highest BCUT2D eigenvalue weighted by atomic mass is 16.7. The number of ether oxygens (including phenoxy) is 3. The van der Waals surface area contributed by atoms with Crippen LogP contribution in [0.4, 0.5) is 5.69 Å². The summed E-state index contributed by atoms with van der Waals surface area (Å²) in [6.45, 7) is 6.27. The SMILES string of the molecule is Cc1nc(-c2ccc(N3C(=O)C(O)=C(C(=O)C(C)C)C3c3ccccc3OCC3OCCO3)cc2)no1. The summed E-state index contributed by atoms with van der Waals surface area (Å²) in [5.74, 6) is -0.704. The Morgan fingerprint density at radius 3 is 2.49 bits per heavy atom. The van der Waals surface area contributed by atoms with Gasteiger partial charge in [0.2, 0.25) is 11.7 Å². The largest absolute Gasteiger partial charge is 0.503 e. The molecule has 1 aromatic heterocycles. The number of hydrogen-bond donors (Lipinski definition) is 1. The molecule has 1 amide bonds. The normalized spacial score (nSPS) is 18.3. The summed E-state index contributed by atoms with van der Waals surface area (Å²) in [6.07, 6.45) is -0.503. The highest BCUT2D eigenvalue weighted by Crippen LogP contribution is 2.45. The van der Waals surface area contributed by atoms with Crippen LogP contribution in [0.15, 0.2) is 64.4 Å². The molecule has 0 spiro atoms. The number of ketones is 1. The van der Waals surface area contributed by atoms with E-state index in [1.807, 2.05) is 0 Å². The second kappa shape index (κ2) is 10.2. The maximum Gasteiger partial charge on any atom is 0.294 e. The number of aryl methyl sites for hydroxylation is 1. The fraction of sp³-hybridized carbons (Fsp3) is 0.333. The van der Waals surface area contributed by atoms with Gasteiger partial charge in [-0.1, -0.05) is 37.2 Å². The molecule has 1 unspecified atom stereocenters. The van der Waals surface area contributed by atoms with E-state index in [0.717, 1.165) is 0 Å². The number of aliphatic hydroxyl groups excluding tert-OH is 1. The Hall–Kier alpha value is -4.02. The Morgan fingerprint density at radius 1 is 1.14 bits per heavy atom. The molecule has 37 heavy (non-hydrogen) atoms. The van der Waals surface area contributed by atoms with Gasteiger partial charge in [0.15, 0.2) is 17.8 Å². The number of benzene rings is 2. The van der Waals surface area contributed by atoms with Crippen molar-refractivity contribution >= 4 is 17.4 Å². The predicted molar refractivity (Wildman–Crippen MR) is 132 cm³/mol. The Bertz CT molecular complexity index is 1340. The number of Topliss-reactive ketones (excluding diaryl/α,β-unsaturated/α-hetero) is 1. The number of rotatable bonds is 8. The summed E-state index contributed by atoms with van der Waals surface area (Å²) < 4.78 is 22.0. The number of carbonyl (C=O) groups is 2. The van der Waals surface area contributed by atoms with E-state index in [4.69, 9.17) is 18.7 Å². The number of para-hydroxylation sites is 1. The van der Waals surface area contributed by atoms with Crippen LogP contribution in [0, 0.1) is 12.8 Å². The lowest BCUT2D eigenvalue weighted by Crippen LogP contribution is -2.32. The van der Waals surface area contributed by atoms with Crippen LogP contribution in [0.1, 0.15) is 31.3 Å². The summed E-state index contributed by atoms with van der Waals surface area (Å²) in [5, 5.41) is 14.8. The van der Waals surface area contributed by atoms with Crippen molar-refractivity contribution in [1.82, 2.24) is 10.1 Å². The number of nitrogens with zero attached hydrogens (tertiary/aromatic N) is 3. The van der Waals surface area contributed by atoms with Gasteiger partial charge in [-0.3, -0.25) is 14.5 Å². The second-order valence-electron chi connectivity index (χ2n) is 9.06. The van der Waals surface area contributed by atoms with Gasteiger partial charge in [0.25, 0.3) is 5.91 Å². The summed E-state index contributed by atoms with van der Waals surface area (Å²) in [5.41, 5.74) is 1.76. The molecule has 5 rings (SSSR count). The van der Waals surface area contributed by atoms with E-state index in [1.165, 1.54) is 4.90 Å².